The summed E-state index contributed by atoms with van der Waals surface area (Å²) >= 11 is 0. The molecule has 0 atom stereocenters. The zero-order valence-corrected chi connectivity index (χ0v) is 9.44. The van der Waals surface area contributed by atoms with Gasteiger partial charge in [-0.15, -0.1) is 0 Å². The van der Waals surface area contributed by atoms with Gasteiger partial charge in [-0.05, 0) is 43.4 Å². The van der Waals surface area contributed by atoms with Gasteiger partial charge in [-0.2, -0.15) is 0 Å². The summed E-state index contributed by atoms with van der Waals surface area (Å²) in [5.74, 6) is -0.0672. The number of hydrogen-bond donors (Lipinski definition) is 1. The molecule has 0 aliphatic heterocycles. The molecular formula is C13H18FN. The molecule has 0 heterocycles. The molecule has 0 amide bonds. The lowest BCUT2D eigenvalue weighted by Gasteiger charge is -2.26. The minimum Gasteiger partial charge on any atom is -0.310 e. The molecule has 1 saturated carbocycles. The van der Waals surface area contributed by atoms with Crippen LogP contribution in [0.25, 0.3) is 0 Å². The standard InChI is InChI=1S/C13H18FN/c1-9-6-11(7-10(2)13(9)14)8-15-12-4-3-5-12/h6-7,12,15H,3-5,8H2,1-2H3. The Morgan fingerprint density at radius 3 is 2.33 bits per heavy atom. The number of hydrogen-bond acceptors (Lipinski definition) is 1. The minimum atomic E-state index is -0.0672. The second-order valence-corrected chi connectivity index (χ2v) is 4.55. The molecule has 1 N–H and O–H groups in total. The van der Waals surface area contributed by atoms with Crippen LogP contribution in [0.4, 0.5) is 4.39 Å². The fourth-order valence-corrected chi connectivity index (χ4v) is 2.01. The highest BCUT2D eigenvalue weighted by Gasteiger charge is 2.16. The monoisotopic (exact) mass is 207 g/mol. The molecule has 1 nitrogen and oxygen atoms in total. The van der Waals surface area contributed by atoms with Crippen LogP contribution in [-0.2, 0) is 6.54 Å². The lowest BCUT2D eigenvalue weighted by atomic mass is 9.93. The number of aryl methyl sites for hydroxylation is 2. The molecule has 1 aliphatic carbocycles. The zero-order chi connectivity index (χ0) is 10.8. The molecule has 15 heavy (non-hydrogen) atoms. The molecule has 0 aromatic heterocycles. The lowest BCUT2D eigenvalue weighted by molar-refractivity contribution is 0.338. The zero-order valence-electron chi connectivity index (χ0n) is 9.44. The molecular weight excluding hydrogens is 189 g/mol. The van der Waals surface area contributed by atoms with Crippen LogP contribution in [0.5, 0.6) is 0 Å². The van der Waals surface area contributed by atoms with Gasteiger partial charge in [0.1, 0.15) is 5.82 Å². The van der Waals surface area contributed by atoms with Gasteiger partial charge in [-0.3, -0.25) is 0 Å². The van der Waals surface area contributed by atoms with Crippen LogP contribution >= 0.6 is 0 Å². The van der Waals surface area contributed by atoms with Crippen molar-refractivity contribution in [2.75, 3.05) is 0 Å². The van der Waals surface area contributed by atoms with E-state index >= 15 is 0 Å². The maximum atomic E-state index is 13.4. The van der Waals surface area contributed by atoms with Crippen LogP contribution in [0.2, 0.25) is 0 Å². The third-order valence-corrected chi connectivity index (χ3v) is 3.20. The molecule has 1 aromatic rings. The molecule has 0 saturated heterocycles. The smallest absolute Gasteiger partial charge is 0.129 e. The molecule has 0 spiro atoms. The summed E-state index contributed by atoms with van der Waals surface area (Å²) in [6, 6.07) is 4.57. The van der Waals surface area contributed by atoms with E-state index in [9.17, 15) is 4.39 Å². The summed E-state index contributed by atoms with van der Waals surface area (Å²) in [6.45, 7) is 4.52. The Kier molecular flexibility index (Phi) is 3.06. The highest BCUT2D eigenvalue weighted by Crippen LogP contribution is 2.19. The van der Waals surface area contributed by atoms with Crippen molar-refractivity contribution in [3.63, 3.8) is 0 Å². The van der Waals surface area contributed by atoms with E-state index in [1.54, 1.807) is 0 Å². The SMILES string of the molecule is Cc1cc(CNC2CCC2)cc(C)c1F. The minimum absolute atomic E-state index is 0.0672. The predicted molar refractivity (Wildman–Crippen MR) is 60.4 cm³/mol. The second kappa shape index (κ2) is 4.31. The Morgan fingerprint density at radius 2 is 1.87 bits per heavy atom. The van der Waals surface area contributed by atoms with Gasteiger partial charge in [-0.25, -0.2) is 4.39 Å². The fraction of sp³-hybridized carbons (Fsp3) is 0.538. The summed E-state index contributed by atoms with van der Waals surface area (Å²) in [7, 11) is 0. The van der Waals surface area contributed by atoms with Crippen molar-refractivity contribution in [2.24, 2.45) is 0 Å². The highest BCUT2D eigenvalue weighted by atomic mass is 19.1. The maximum Gasteiger partial charge on any atom is 0.129 e. The van der Waals surface area contributed by atoms with E-state index in [0.29, 0.717) is 6.04 Å². The van der Waals surface area contributed by atoms with Crippen molar-refractivity contribution in [3.8, 4) is 0 Å². The van der Waals surface area contributed by atoms with Gasteiger partial charge >= 0.3 is 0 Å². The second-order valence-electron chi connectivity index (χ2n) is 4.55. The topological polar surface area (TPSA) is 12.0 Å². The summed E-state index contributed by atoms with van der Waals surface area (Å²) in [6.07, 6.45) is 3.93. The summed E-state index contributed by atoms with van der Waals surface area (Å²) < 4.78 is 13.4. The predicted octanol–water partition coefficient (Wildman–Crippen LogP) is 3.08. The maximum absolute atomic E-state index is 13.4. The Bertz CT molecular complexity index is 333. The van der Waals surface area contributed by atoms with Crippen molar-refractivity contribution in [3.05, 3.63) is 34.6 Å². The average molecular weight is 207 g/mol. The number of nitrogens with one attached hydrogen (secondary N) is 1. The van der Waals surface area contributed by atoms with Crippen LogP contribution in [0, 0.1) is 19.7 Å². The van der Waals surface area contributed by atoms with E-state index in [2.05, 4.69) is 5.32 Å². The van der Waals surface area contributed by atoms with Crippen LogP contribution in [0.3, 0.4) is 0 Å². The van der Waals surface area contributed by atoms with E-state index < -0.39 is 0 Å². The van der Waals surface area contributed by atoms with Crippen LogP contribution in [0.15, 0.2) is 12.1 Å². The summed E-state index contributed by atoms with van der Waals surface area (Å²) in [5.41, 5.74) is 2.69. The van der Waals surface area contributed by atoms with E-state index in [1.165, 1.54) is 24.8 Å². The van der Waals surface area contributed by atoms with E-state index in [0.717, 1.165) is 17.7 Å². The molecule has 1 fully saturated rings. The van der Waals surface area contributed by atoms with Gasteiger partial charge in [0.2, 0.25) is 0 Å². The van der Waals surface area contributed by atoms with Crippen molar-refractivity contribution in [2.45, 2.75) is 45.7 Å². The Hall–Kier alpha value is -0.890. The van der Waals surface area contributed by atoms with E-state index in [4.69, 9.17) is 0 Å². The number of halogens is 1. The first kappa shape index (κ1) is 10.6. The van der Waals surface area contributed by atoms with E-state index in [-0.39, 0.29) is 5.82 Å². The first-order chi connectivity index (χ1) is 7.16. The van der Waals surface area contributed by atoms with Gasteiger partial charge in [0, 0.05) is 12.6 Å². The average Bonchev–Trinajstić information content (AvgIpc) is 2.11. The number of rotatable bonds is 3. The molecule has 82 valence electrons. The molecule has 1 aliphatic rings. The molecule has 1 aromatic carbocycles. The first-order valence-electron chi connectivity index (χ1n) is 5.66. The largest absolute Gasteiger partial charge is 0.310 e. The van der Waals surface area contributed by atoms with E-state index in [1.807, 2.05) is 26.0 Å². The van der Waals surface area contributed by atoms with Gasteiger partial charge < -0.3 is 5.32 Å². The molecule has 0 unspecified atom stereocenters. The molecule has 0 bridgehead atoms. The fourth-order valence-electron chi connectivity index (χ4n) is 2.01. The van der Waals surface area contributed by atoms with Gasteiger partial charge in [0.15, 0.2) is 0 Å². The van der Waals surface area contributed by atoms with Crippen molar-refractivity contribution in [1.82, 2.24) is 5.32 Å². The van der Waals surface area contributed by atoms with Crippen molar-refractivity contribution < 1.29 is 4.39 Å². The Balaban J connectivity index is 2.01. The van der Waals surface area contributed by atoms with Crippen LogP contribution in [-0.4, -0.2) is 6.04 Å². The molecule has 0 radical (unpaired) electrons. The molecule has 2 rings (SSSR count). The third-order valence-electron chi connectivity index (χ3n) is 3.20. The third kappa shape index (κ3) is 2.37. The quantitative estimate of drug-likeness (QED) is 0.803. The van der Waals surface area contributed by atoms with Gasteiger partial charge in [0.25, 0.3) is 0 Å². The van der Waals surface area contributed by atoms with Crippen molar-refractivity contribution in [1.29, 1.82) is 0 Å². The van der Waals surface area contributed by atoms with Gasteiger partial charge in [-0.1, -0.05) is 18.6 Å². The van der Waals surface area contributed by atoms with Crippen molar-refractivity contribution >= 4 is 0 Å². The number of benzene rings is 1. The summed E-state index contributed by atoms with van der Waals surface area (Å²) in [4.78, 5) is 0. The summed E-state index contributed by atoms with van der Waals surface area (Å²) in [5, 5.41) is 3.49. The normalized spacial score (nSPS) is 16.5. The van der Waals surface area contributed by atoms with Gasteiger partial charge in [0.05, 0.1) is 0 Å². The molecule has 2 heteroatoms. The highest BCUT2D eigenvalue weighted by molar-refractivity contribution is 5.30. The van der Waals surface area contributed by atoms with Crippen LogP contribution in [0.1, 0.15) is 36.0 Å². The Morgan fingerprint density at radius 1 is 1.27 bits per heavy atom. The lowest BCUT2D eigenvalue weighted by Crippen LogP contribution is -2.34. The Labute approximate surface area is 90.7 Å². The van der Waals surface area contributed by atoms with Crippen LogP contribution < -0.4 is 5.32 Å². The first-order valence-corrected chi connectivity index (χ1v) is 5.66.